The Morgan fingerprint density at radius 1 is 1.19 bits per heavy atom. The highest BCUT2D eigenvalue weighted by atomic mass is 16.2. The number of rotatable bonds is 1. The molecule has 0 saturated carbocycles. The highest BCUT2D eigenvalue weighted by Crippen LogP contribution is 2.35. The fourth-order valence-electron chi connectivity index (χ4n) is 2.79. The lowest BCUT2D eigenvalue weighted by Crippen LogP contribution is -2.55. The molecule has 2 aliphatic heterocycles. The summed E-state index contributed by atoms with van der Waals surface area (Å²) in [5.74, 6) is -0.0209. The normalized spacial score (nSPS) is 25.9. The fraction of sp³-hybridized carbons (Fsp3) is 0.818. The average Bonchev–Trinajstić information content (AvgIpc) is 2.46. The maximum atomic E-state index is 12.2. The zero-order chi connectivity index (χ0) is 11.9. The molecule has 2 aliphatic rings. The minimum Gasteiger partial charge on any atom is -0.310 e. The van der Waals surface area contributed by atoms with E-state index in [-0.39, 0.29) is 11.9 Å². The Labute approximate surface area is 96.0 Å². The second-order valence-corrected chi connectivity index (χ2v) is 4.73. The summed E-state index contributed by atoms with van der Waals surface area (Å²) in [6.45, 7) is 4.30. The van der Waals surface area contributed by atoms with E-state index in [4.69, 9.17) is 0 Å². The summed E-state index contributed by atoms with van der Waals surface area (Å²) >= 11 is 0. The minimum absolute atomic E-state index is 0.0209. The highest BCUT2D eigenvalue weighted by molar-refractivity contribution is 6.06. The van der Waals surface area contributed by atoms with E-state index in [9.17, 15) is 9.59 Å². The smallest absolute Gasteiger partial charge is 0.310 e. The molecule has 0 aromatic heterocycles. The number of carbonyl (C=O) groups excluding carboxylic acids is 2. The van der Waals surface area contributed by atoms with E-state index in [1.165, 1.54) is 4.90 Å². The largest absolute Gasteiger partial charge is 0.327 e. The van der Waals surface area contributed by atoms with E-state index < -0.39 is 5.54 Å². The van der Waals surface area contributed by atoms with Crippen LogP contribution in [0.1, 0.15) is 19.8 Å². The molecule has 5 heteroatoms. The monoisotopic (exact) mass is 225 g/mol. The molecule has 90 valence electrons. The lowest BCUT2D eigenvalue weighted by molar-refractivity contribution is -0.134. The molecule has 2 saturated heterocycles. The van der Waals surface area contributed by atoms with Crippen LogP contribution in [-0.2, 0) is 4.79 Å². The van der Waals surface area contributed by atoms with Crippen LogP contribution in [0.15, 0.2) is 0 Å². The lowest BCUT2D eigenvalue weighted by Gasteiger charge is -2.40. The topological polar surface area (TPSA) is 43.9 Å². The van der Waals surface area contributed by atoms with Crippen molar-refractivity contribution in [2.45, 2.75) is 25.3 Å². The second kappa shape index (κ2) is 3.73. The molecule has 3 amide bonds. The minimum atomic E-state index is -0.549. The van der Waals surface area contributed by atoms with Crippen molar-refractivity contribution in [1.82, 2.24) is 14.7 Å². The van der Waals surface area contributed by atoms with Gasteiger partial charge in [0.2, 0.25) is 0 Å². The fourth-order valence-corrected chi connectivity index (χ4v) is 2.79. The van der Waals surface area contributed by atoms with Crippen molar-refractivity contribution < 1.29 is 9.59 Å². The SMILES string of the molecule is CCN1C(=O)N(C)C(=O)C12CCN(C)CC2. The van der Waals surface area contributed by atoms with Gasteiger partial charge in [0.15, 0.2) is 0 Å². The van der Waals surface area contributed by atoms with E-state index in [0.717, 1.165) is 25.9 Å². The van der Waals surface area contributed by atoms with Gasteiger partial charge in [-0.25, -0.2) is 4.79 Å². The molecule has 0 radical (unpaired) electrons. The first-order chi connectivity index (χ1) is 7.53. The maximum Gasteiger partial charge on any atom is 0.327 e. The zero-order valence-corrected chi connectivity index (χ0v) is 10.2. The van der Waals surface area contributed by atoms with Crippen molar-refractivity contribution in [3.8, 4) is 0 Å². The quantitative estimate of drug-likeness (QED) is 0.605. The van der Waals surface area contributed by atoms with E-state index in [2.05, 4.69) is 4.90 Å². The van der Waals surface area contributed by atoms with Gasteiger partial charge in [-0.15, -0.1) is 0 Å². The standard InChI is InChI=1S/C11H19N3O2/c1-4-14-10(16)13(3)9(15)11(14)5-7-12(2)8-6-11/h4-8H2,1-3H3. The predicted octanol–water partition coefficient (Wildman–Crippen LogP) is 0.365. The number of hydrogen-bond acceptors (Lipinski definition) is 3. The first-order valence-corrected chi connectivity index (χ1v) is 5.81. The van der Waals surface area contributed by atoms with Crippen LogP contribution in [0.2, 0.25) is 0 Å². The molecule has 5 nitrogen and oxygen atoms in total. The Bertz CT molecular complexity index is 321. The summed E-state index contributed by atoms with van der Waals surface area (Å²) in [7, 11) is 3.63. The molecule has 0 aromatic carbocycles. The molecule has 2 fully saturated rings. The third-order valence-corrected chi connectivity index (χ3v) is 3.87. The van der Waals surface area contributed by atoms with E-state index in [0.29, 0.717) is 6.54 Å². The number of nitrogens with zero attached hydrogens (tertiary/aromatic N) is 3. The van der Waals surface area contributed by atoms with Crippen molar-refractivity contribution in [2.75, 3.05) is 33.7 Å². The molecule has 0 aromatic rings. The van der Waals surface area contributed by atoms with Crippen LogP contribution in [0.25, 0.3) is 0 Å². The number of imide groups is 1. The van der Waals surface area contributed by atoms with Gasteiger partial charge in [0, 0.05) is 26.7 Å². The third kappa shape index (κ3) is 1.34. The van der Waals surface area contributed by atoms with Crippen molar-refractivity contribution in [3.63, 3.8) is 0 Å². The zero-order valence-electron chi connectivity index (χ0n) is 10.2. The molecular weight excluding hydrogens is 206 g/mol. The van der Waals surface area contributed by atoms with Crippen LogP contribution in [0.5, 0.6) is 0 Å². The molecule has 0 bridgehead atoms. The summed E-state index contributed by atoms with van der Waals surface area (Å²) in [6.07, 6.45) is 1.51. The predicted molar refractivity (Wildman–Crippen MR) is 60.0 cm³/mol. The van der Waals surface area contributed by atoms with Gasteiger partial charge in [-0.05, 0) is 26.8 Å². The van der Waals surface area contributed by atoms with Crippen LogP contribution >= 0.6 is 0 Å². The molecular formula is C11H19N3O2. The van der Waals surface area contributed by atoms with Gasteiger partial charge in [-0.3, -0.25) is 9.69 Å². The van der Waals surface area contributed by atoms with Crippen LogP contribution in [0.4, 0.5) is 4.79 Å². The molecule has 16 heavy (non-hydrogen) atoms. The van der Waals surface area contributed by atoms with Gasteiger partial charge in [0.05, 0.1) is 0 Å². The summed E-state index contributed by atoms with van der Waals surface area (Å²) < 4.78 is 0. The first-order valence-electron chi connectivity index (χ1n) is 5.81. The number of urea groups is 1. The van der Waals surface area contributed by atoms with E-state index in [1.54, 1.807) is 11.9 Å². The Hall–Kier alpha value is -1.10. The van der Waals surface area contributed by atoms with Crippen molar-refractivity contribution >= 4 is 11.9 Å². The van der Waals surface area contributed by atoms with Gasteiger partial charge >= 0.3 is 6.03 Å². The molecule has 2 rings (SSSR count). The Balaban J connectivity index is 2.31. The molecule has 1 spiro atoms. The maximum absolute atomic E-state index is 12.2. The van der Waals surface area contributed by atoms with Gasteiger partial charge in [0.1, 0.15) is 5.54 Å². The molecule has 2 heterocycles. The third-order valence-electron chi connectivity index (χ3n) is 3.87. The van der Waals surface area contributed by atoms with E-state index in [1.807, 2.05) is 14.0 Å². The average molecular weight is 225 g/mol. The van der Waals surface area contributed by atoms with Crippen LogP contribution < -0.4 is 0 Å². The molecule has 0 unspecified atom stereocenters. The lowest BCUT2D eigenvalue weighted by atomic mass is 9.86. The van der Waals surface area contributed by atoms with E-state index >= 15 is 0 Å². The van der Waals surface area contributed by atoms with Gasteiger partial charge in [-0.2, -0.15) is 0 Å². The number of carbonyl (C=O) groups is 2. The van der Waals surface area contributed by atoms with Crippen LogP contribution in [0, 0.1) is 0 Å². The van der Waals surface area contributed by atoms with Crippen molar-refractivity contribution in [1.29, 1.82) is 0 Å². The Morgan fingerprint density at radius 2 is 1.75 bits per heavy atom. The van der Waals surface area contributed by atoms with Crippen molar-refractivity contribution in [3.05, 3.63) is 0 Å². The number of likely N-dealkylation sites (N-methyl/N-ethyl adjacent to an activating group) is 2. The number of amides is 3. The Morgan fingerprint density at radius 3 is 2.25 bits per heavy atom. The van der Waals surface area contributed by atoms with Crippen molar-refractivity contribution in [2.24, 2.45) is 0 Å². The molecule has 0 aliphatic carbocycles. The molecule has 0 atom stereocenters. The summed E-state index contributed by atoms with van der Waals surface area (Å²) in [5, 5.41) is 0. The van der Waals surface area contributed by atoms with Gasteiger partial charge in [0.25, 0.3) is 5.91 Å². The molecule has 0 N–H and O–H groups in total. The Kier molecular flexibility index (Phi) is 2.66. The van der Waals surface area contributed by atoms with Gasteiger partial charge < -0.3 is 9.80 Å². The number of likely N-dealkylation sites (tertiary alicyclic amines) is 1. The number of piperidine rings is 1. The van der Waals surface area contributed by atoms with Crippen LogP contribution in [0.3, 0.4) is 0 Å². The van der Waals surface area contributed by atoms with Crippen LogP contribution in [-0.4, -0.2) is 65.9 Å². The summed E-state index contributed by atoms with van der Waals surface area (Å²) in [6, 6.07) is -0.142. The second-order valence-electron chi connectivity index (χ2n) is 4.73. The first kappa shape index (κ1) is 11.4. The highest BCUT2D eigenvalue weighted by Gasteiger charge is 2.55. The number of hydrogen-bond donors (Lipinski definition) is 0. The summed E-state index contributed by atoms with van der Waals surface area (Å²) in [5.41, 5.74) is -0.549. The van der Waals surface area contributed by atoms with Gasteiger partial charge in [-0.1, -0.05) is 0 Å². The summed E-state index contributed by atoms with van der Waals surface area (Å²) in [4.78, 5) is 29.3.